The lowest BCUT2D eigenvalue weighted by molar-refractivity contribution is -0.143. The Morgan fingerprint density at radius 3 is 2.70 bits per heavy atom. The van der Waals surface area contributed by atoms with Crippen LogP contribution in [0.15, 0.2) is 36.0 Å². The molecule has 1 spiro atoms. The topological polar surface area (TPSA) is 86.4 Å². The first kappa shape index (κ1) is 25.7. The van der Waals surface area contributed by atoms with Crippen LogP contribution in [-0.4, -0.2) is 61.1 Å². The van der Waals surface area contributed by atoms with Crippen molar-refractivity contribution >= 4 is 11.9 Å². The van der Waals surface area contributed by atoms with Gasteiger partial charge >= 0.3 is 5.97 Å². The Morgan fingerprint density at radius 1 is 1.24 bits per heavy atom. The number of hydrogen-bond donors (Lipinski definition) is 1. The predicted molar refractivity (Wildman–Crippen MR) is 126 cm³/mol. The van der Waals surface area contributed by atoms with E-state index in [9.17, 15) is 9.59 Å². The van der Waals surface area contributed by atoms with Crippen molar-refractivity contribution in [1.29, 1.82) is 0 Å². The first-order valence-corrected chi connectivity index (χ1v) is 12.1. The summed E-state index contributed by atoms with van der Waals surface area (Å²) in [7, 11) is 0. The number of hydrogen-bond acceptors (Lipinski definition) is 6. The lowest BCUT2D eigenvalue weighted by atomic mass is 9.88. The monoisotopic (exact) mass is 461 g/mol. The van der Waals surface area contributed by atoms with Gasteiger partial charge in [-0.2, -0.15) is 0 Å². The van der Waals surface area contributed by atoms with E-state index in [0.29, 0.717) is 5.92 Å². The molecule has 5 unspecified atom stereocenters. The van der Waals surface area contributed by atoms with Crippen molar-refractivity contribution in [2.24, 2.45) is 5.92 Å². The number of epoxide rings is 1. The molecule has 0 radical (unpaired) electrons. The van der Waals surface area contributed by atoms with Gasteiger partial charge in [0.05, 0.1) is 43.2 Å². The molecule has 3 aliphatic rings. The van der Waals surface area contributed by atoms with Gasteiger partial charge in [-0.05, 0) is 45.6 Å². The Labute approximate surface area is 197 Å². The molecular weight excluding hydrogens is 422 g/mol. The fourth-order valence-electron chi connectivity index (χ4n) is 4.51. The maximum absolute atomic E-state index is 12.3. The zero-order chi connectivity index (χ0) is 24.0. The molecule has 0 aromatic rings. The number of carbonyl (C=O) groups excluding carboxylic acids is 2. The van der Waals surface area contributed by atoms with Gasteiger partial charge in [-0.25, -0.2) is 0 Å². The van der Waals surface area contributed by atoms with E-state index in [1.165, 1.54) is 18.6 Å². The fourth-order valence-corrected chi connectivity index (χ4v) is 4.51. The SMILES string of the molecule is CC(=O)OC(C)/C=C\C(=O)N[C@@H]1CC(C)[C@H](C/C=C(C)/C=C/C2CC3(CCO2)CO3)OC1C. The molecule has 0 aromatic carbocycles. The Morgan fingerprint density at radius 2 is 2.00 bits per heavy atom. The summed E-state index contributed by atoms with van der Waals surface area (Å²) in [6.07, 6.45) is 12.9. The van der Waals surface area contributed by atoms with Crippen molar-refractivity contribution in [1.82, 2.24) is 5.32 Å². The van der Waals surface area contributed by atoms with Crippen LogP contribution in [0, 0.1) is 5.92 Å². The maximum Gasteiger partial charge on any atom is 0.303 e. The molecule has 184 valence electrons. The van der Waals surface area contributed by atoms with Crippen molar-refractivity contribution in [3.63, 3.8) is 0 Å². The minimum Gasteiger partial charge on any atom is -0.459 e. The van der Waals surface area contributed by atoms with Crippen LogP contribution < -0.4 is 5.32 Å². The van der Waals surface area contributed by atoms with E-state index in [-0.39, 0.29) is 41.8 Å². The second-order valence-electron chi connectivity index (χ2n) is 9.76. The third kappa shape index (κ3) is 8.09. The Kier molecular flexibility index (Phi) is 8.90. The van der Waals surface area contributed by atoms with Crippen LogP contribution in [0.2, 0.25) is 0 Å². The van der Waals surface area contributed by atoms with Crippen LogP contribution in [-0.2, 0) is 28.5 Å². The molecule has 3 aliphatic heterocycles. The van der Waals surface area contributed by atoms with Gasteiger partial charge in [-0.3, -0.25) is 9.59 Å². The molecule has 1 amide bonds. The van der Waals surface area contributed by atoms with Gasteiger partial charge in [0.15, 0.2) is 0 Å². The summed E-state index contributed by atoms with van der Waals surface area (Å²) in [6.45, 7) is 11.0. The summed E-state index contributed by atoms with van der Waals surface area (Å²) in [5.41, 5.74) is 1.29. The molecule has 7 heteroatoms. The van der Waals surface area contributed by atoms with Crippen molar-refractivity contribution < 1.29 is 28.5 Å². The zero-order valence-electron chi connectivity index (χ0n) is 20.5. The quantitative estimate of drug-likeness (QED) is 0.257. The van der Waals surface area contributed by atoms with Crippen molar-refractivity contribution in [3.05, 3.63) is 36.0 Å². The summed E-state index contributed by atoms with van der Waals surface area (Å²) in [4.78, 5) is 23.2. The highest BCUT2D eigenvalue weighted by Crippen LogP contribution is 2.39. The lowest BCUT2D eigenvalue weighted by Crippen LogP contribution is -2.50. The summed E-state index contributed by atoms with van der Waals surface area (Å²) >= 11 is 0. The van der Waals surface area contributed by atoms with Gasteiger partial charge in [0.25, 0.3) is 0 Å². The molecule has 0 saturated carbocycles. The molecule has 1 N–H and O–H groups in total. The van der Waals surface area contributed by atoms with Crippen LogP contribution in [0.4, 0.5) is 0 Å². The standard InChI is InChI=1S/C26H39NO6/c1-17(6-9-22-15-26(16-31-26)12-13-30-22)7-10-24-18(2)14-23(20(4)33-24)27-25(29)11-8-19(3)32-21(5)28/h6-9,11,18-20,22-24H,10,12-16H2,1-5H3,(H,27,29)/b9-6+,11-8-,17-7+/t18?,19?,20?,22?,23-,24+,26?/m1/s1. The molecule has 0 bridgehead atoms. The minimum absolute atomic E-state index is 0.0529. The molecule has 7 nitrogen and oxygen atoms in total. The lowest BCUT2D eigenvalue weighted by Gasteiger charge is -2.39. The number of amides is 1. The Balaban J connectivity index is 1.43. The number of allylic oxidation sites excluding steroid dienone is 2. The number of carbonyl (C=O) groups is 2. The molecule has 3 saturated heterocycles. The maximum atomic E-state index is 12.3. The highest BCUT2D eigenvalue weighted by atomic mass is 16.6. The van der Waals surface area contributed by atoms with Crippen LogP contribution >= 0.6 is 0 Å². The smallest absolute Gasteiger partial charge is 0.303 e. The van der Waals surface area contributed by atoms with Gasteiger partial charge in [0.1, 0.15) is 6.10 Å². The first-order valence-electron chi connectivity index (χ1n) is 12.1. The van der Waals surface area contributed by atoms with Gasteiger partial charge < -0.3 is 24.3 Å². The van der Waals surface area contributed by atoms with Crippen LogP contribution in [0.3, 0.4) is 0 Å². The summed E-state index contributed by atoms with van der Waals surface area (Å²) in [5.74, 6) is -0.258. The molecule has 33 heavy (non-hydrogen) atoms. The number of rotatable bonds is 8. The largest absolute Gasteiger partial charge is 0.459 e. The molecule has 3 rings (SSSR count). The van der Waals surface area contributed by atoms with Gasteiger partial charge in [-0.15, -0.1) is 0 Å². The van der Waals surface area contributed by atoms with E-state index in [4.69, 9.17) is 18.9 Å². The third-order valence-electron chi connectivity index (χ3n) is 6.68. The van der Waals surface area contributed by atoms with Crippen molar-refractivity contribution in [2.45, 2.75) is 96.4 Å². The van der Waals surface area contributed by atoms with Crippen LogP contribution in [0.1, 0.15) is 60.3 Å². The van der Waals surface area contributed by atoms with Gasteiger partial charge in [-0.1, -0.05) is 30.7 Å². The molecular formula is C26H39NO6. The third-order valence-corrected chi connectivity index (χ3v) is 6.68. The van der Waals surface area contributed by atoms with Gasteiger partial charge in [0.2, 0.25) is 5.91 Å². The molecule has 0 aliphatic carbocycles. The summed E-state index contributed by atoms with van der Waals surface area (Å²) < 4.78 is 22.7. The minimum atomic E-state index is -0.437. The highest BCUT2D eigenvalue weighted by Gasteiger charge is 2.48. The van der Waals surface area contributed by atoms with E-state index in [0.717, 1.165) is 38.9 Å². The van der Waals surface area contributed by atoms with E-state index >= 15 is 0 Å². The zero-order valence-corrected chi connectivity index (χ0v) is 20.5. The van der Waals surface area contributed by atoms with Gasteiger partial charge in [0, 0.05) is 25.8 Å². The molecule has 3 heterocycles. The average molecular weight is 462 g/mol. The van der Waals surface area contributed by atoms with Crippen LogP contribution in [0.5, 0.6) is 0 Å². The fraction of sp³-hybridized carbons (Fsp3) is 0.692. The molecule has 3 fully saturated rings. The normalized spacial score (nSPS) is 35.7. The second kappa shape index (κ2) is 11.4. The van der Waals surface area contributed by atoms with Crippen LogP contribution in [0.25, 0.3) is 0 Å². The Hall–Kier alpha value is -1.96. The number of nitrogens with one attached hydrogen (secondary N) is 1. The van der Waals surface area contributed by atoms with Crippen molar-refractivity contribution in [2.75, 3.05) is 13.2 Å². The second-order valence-corrected chi connectivity index (χ2v) is 9.76. The van der Waals surface area contributed by atoms with E-state index in [2.05, 4.69) is 37.4 Å². The predicted octanol–water partition coefficient (Wildman–Crippen LogP) is 3.63. The summed E-state index contributed by atoms with van der Waals surface area (Å²) in [5, 5.41) is 3.02. The molecule has 0 aromatic heterocycles. The van der Waals surface area contributed by atoms with Crippen molar-refractivity contribution in [3.8, 4) is 0 Å². The van der Waals surface area contributed by atoms with E-state index in [1.807, 2.05) is 6.92 Å². The summed E-state index contributed by atoms with van der Waals surface area (Å²) in [6, 6.07) is -0.0529. The average Bonchev–Trinajstić information content (AvgIpc) is 3.49. The number of esters is 1. The Bertz CT molecular complexity index is 784. The highest BCUT2D eigenvalue weighted by molar-refractivity contribution is 5.87. The van der Waals surface area contributed by atoms with E-state index in [1.54, 1.807) is 13.0 Å². The van der Waals surface area contributed by atoms with E-state index < -0.39 is 6.10 Å². The first-order chi connectivity index (χ1) is 15.7. The molecule has 7 atom stereocenters. The number of ether oxygens (including phenoxy) is 4.